The van der Waals surface area contributed by atoms with Crippen LogP contribution in [0.2, 0.25) is 0 Å². The number of carbonyl (C=O) groups excluding carboxylic acids is 1. The lowest BCUT2D eigenvalue weighted by Gasteiger charge is -1.86. The van der Waals surface area contributed by atoms with Crippen molar-refractivity contribution in [3.63, 3.8) is 0 Å². The number of rotatable bonds is 2. The quantitative estimate of drug-likeness (QED) is 0.286. The van der Waals surface area contributed by atoms with E-state index in [2.05, 4.69) is 15.2 Å². The zero-order valence-electron chi connectivity index (χ0n) is 5.14. The molecule has 1 N–H and O–H groups in total. The van der Waals surface area contributed by atoms with Crippen molar-refractivity contribution >= 4 is 17.6 Å². The SMILES string of the molecule is O=C=Nc1cn[nH]c1[N+](=O)[O-]. The fraction of sp³-hybridized carbons (Fsp3) is 0. The third kappa shape index (κ3) is 1.28. The first kappa shape index (κ1) is 7.10. The molecule has 11 heavy (non-hydrogen) atoms. The van der Waals surface area contributed by atoms with Crippen molar-refractivity contribution in [1.82, 2.24) is 10.2 Å². The monoisotopic (exact) mass is 154 g/mol. The standard InChI is InChI=1S/C4H2N4O3/c9-2-5-3-1-6-7-4(3)8(10)11/h1H,(H,6,7). The summed E-state index contributed by atoms with van der Waals surface area (Å²) < 4.78 is 0. The number of aliphatic imine (C=N–C) groups is 1. The highest BCUT2D eigenvalue weighted by Crippen LogP contribution is 2.21. The van der Waals surface area contributed by atoms with Crippen molar-refractivity contribution in [1.29, 1.82) is 0 Å². The number of hydrogen-bond acceptors (Lipinski definition) is 5. The van der Waals surface area contributed by atoms with Crippen LogP contribution in [0.4, 0.5) is 11.5 Å². The van der Waals surface area contributed by atoms with Gasteiger partial charge in [-0.15, -0.1) is 5.10 Å². The van der Waals surface area contributed by atoms with Gasteiger partial charge in [0.1, 0.15) is 6.20 Å². The second kappa shape index (κ2) is 2.72. The maximum atomic E-state index is 10.1. The zero-order valence-corrected chi connectivity index (χ0v) is 5.14. The third-order valence-electron chi connectivity index (χ3n) is 0.949. The minimum absolute atomic E-state index is 0.120. The Morgan fingerprint density at radius 3 is 3.09 bits per heavy atom. The summed E-state index contributed by atoms with van der Waals surface area (Å²) in [5.41, 5.74) is -0.120. The Kier molecular flexibility index (Phi) is 1.75. The molecule has 7 nitrogen and oxygen atoms in total. The molecule has 0 bridgehead atoms. The Labute approximate surface area is 59.9 Å². The molecular weight excluding hydrogens is 152 g/mol. The van der Waals surface area contributed by atoms with Crippen molar-refractivity contribution in [2.45, 2.75) is 0 Å². The first-order valence-corrected chi connectivity index (χ1v) is 2.51. The number of H-pyrrole nitrogens is 1. The van der Waals surface area contributed by atoms with Gasteiger partial charge in [0.05, 0.1) is 0 Å². The first-order chi connectivity index (χ1) is 5.25. The number of isocyanates is 1. The van der Waals surface area contributed by atoms with Crippen LogP contribution >= 0.6 is 0 Å². The van der Waals surface area contributed by atoms with E-state index < -0.39 is 10.7 Å². The summed E-state index contributed by atoms with van der Waals surface area (Å²) in [5.74, 6) is -0.409. The van der Waals surface area contributed by atoms with E-state index in [1.807, 2.05) is 0 Å². The largest absolute Gasteiger partial charge is 0.369 e. The summed E-state index contributed by atoms with van der Waals surface area (Å²) in [6.07, 6.45) is 2.25. The number of aromatic nitrogens is 2. The molecule has 0 unspecified atom stereocenters. The van der Waals surface area contributed by atoms with Crippen LogP contribution in [0.3, 0.4) is 0 Å². The van der Waals surface area contributed by atoms with E-state index in [9.17, 15) is 14.9 Å². The summed E-state index contributed by atoms with van der Waals surface area (Å²) in [4.78, 5) is 22.1. The van der Waals surface area contributed by atoms with E-state index >= 15 is 0 Å². The molecule has 0 aliphatic carbocycles. The van der Waals surface area contributed by atoms with E-state index in [0.717, 1.165) is 6.20 Å². The summed E-state index contributed by atoms with van der Waals surface area (Å²) in [6, 6.07) is 0. The minimum Gasteiger partial charge on any atom is -0.358 e. The molecule has 7 heteroatoms. The number of hydrogen-bond donors (Lipinski definition) is 1. The number of nitrogens with zero attached hydrogens (tertiary/aromatic N) is 3. The lowest BCUT2D eigenvalue weighted by Crippen LogP contribution is -1.87. The second-order valence-corrected chi connectivity index (χ2v) is 1.56. The van der Waals surface area contributed by atoms with Crippen molar-refractivity contribution in [2.24, 2.45) is 4.99 Å². The molecule has 1 aromatic rings. The zero-order chi connectivity index (χ0) is 8.27. The van der Waals surface area contributed by atoms with Gasteiger partial charge >= 0.3 is 5.82 Å². The van der Waals surface area contributed by atoms with Gasteiger partial charge in [0.25, 0.3) is 0 Å². The van der Waals surface area contributed by atoms with E-state index in [1.165, 1.54) is 6.08 Å². The van der Waals surface area contributed by atoms with Crippen molar-refractivity contribution < 1.29 is 9.72 Å². The van der Waals surface area contributed by atoms with Gasteiger partial charge in [-0.05, 0) is 4.92 Å². The van der Waals surface area contributed by atoms with Crippen LogP contribution in [0.5, 0.6) is 0 Å². The Morgan fingerprint density at radius 1 is 1.82 bits per heavy atom. The smallest absolute Gasteiger partial charge is 0.358 e. The fourth-order valence-electron chi connectivity index (χ4n) is 0.538. The van der Waals surface area contributed by atoms with Crippen LogP contribution in [-0.2, 0) is 4.79 Å². The van der Waals surface area contributed by atoms with Crippen LogP contribution in [0.15, 0.2) is 11.2 Å². The van der Waals surface area contributed by atoms with Gasteiger partial charge < -0.3 is 10.1 Å². The van der Waals surface area contributed by atoms with Crippen LogP contribution in [-0.4, -0.2) is 21.2 Å². The molecule has 0 saturated carbocycles. The van der Waals surface area contributed by atoms with E-state index in [1.54, 1.807) is 0 Å². The Hall–Kier alpha value is -2.01. The molecule has 1 rings (SSSR count). The van der Waals surface area contributed by atoms with Gasteiger partial charge in [0.2, 0.25) is 6.08 Å². The minimum atomic E-state index is -0.719. The highest BCUT2D eigenvalue weighted by atomic mass is 16.6. The maximum absolute atomic E-state index is 10.1. The van der Waals surface area contributed by atoms with Crippen molar-refractivity contribution in [2.75, 3.05) is 0 Å². The average Bonchev–Trinajstić information content (AvgIpc) is 2.36. The molecule has 56 valence electrons. The van der Waals surface area contributed by atoms with Crippen LogP contribution in [0.25, 0.3) is 0 Å². The molecule has 0 amide bonds. The van der Waals surface area contributed by atoms with Gasteiger partial charge in [-0.25, -0.2) is 4.79 Å². The normalized spacial score (nSPS) is 8.73. The highest BCUT2D eigenvalue weighted by molar-refractivity contribution is 5.56. The van der Waals surface area contributed by atoms with E-state index in [4.69, 9.17) is 0 Å². The molecule has 0 radical (unpaired) electrons. The van der Waals surface area contributed by atoms with Crippen molar-refractivity contribution in [3.05, 3.63) is 16.3 Å². The first-order valence-electron chi connectivity index (χ1n) is 2.51. The van der Waals surface area contributed by atoms with Gasteiger partial charge in [0.15, 0.2) is 5.69 Å². The number of aromatic amines is 1. The molecule has 0 saturated heterocycles. The Balaban J connectivity index is 3.15. The number of nitro groups is 1. The molecule has 1 heterocycles. The molecule has 0 aromatic carbocycles. The Bertz CT molecular complexity index is 307. The predicted molar refractivity (Wildman–Crippen MR) is 33.0 cm³/mol. The molecule has 0 fully saturated rings. The Morgan fingerprint density at radius 2 is 2.55 bits per heavy atom. The molecule has 0 aliphatic heterocycles. The lowest BCUT2D eigenvalue weighted by atomic mass is 10.5. The topological polar surface area (TPSA) is 101 Å². The third-order valence-corrected chi connectivity index (χ3v) is 0.949. The van der Waals surface area contributed by atoms with Crippen LogP contribution in [0.1, 0.15) is 0 Å². The predicted octanol–water partition coefficient (Wildman–Crippen LogP) is 0.285. The summed E-state index contributed by atoms with van der Waals surface area (Å²) in [5, 5.41) is 15.5. The summed E-state index contributed by atoms with van der Waals surface area (Å²) in [7, 11) is 0. The highest BCUT2D eigenvalue weighted by Gasteiger charge is 2.13. The van der Waals surface area contributed by atoms with Gasteiger partial charge in [-0.2, -0.15) is 4.99 Å². The molecule has 0 spiro atoms. The fourth-order valence-corrected chi connectivity index (χ4v) is 0.538. The second-order valence-electron chi connectivity index (χ2n) is 1.56. The molecular formula is C4H2N4O3. The molecule has 1 aromatic heterocycles. The van der Waals surface area contributed by atoms with Gasteiger partial charge in [-0.3, -0.25) is 0 Å². The van der Waals surface area contributed by atoms with Gasteiger partial charge in [0, 0.05) is 0 Å². The van der Waals surface area contributed by atoms with Crippen molar-refractivity contribution in [3.8, 4) is 0 Å². The summed E-state index contributed by atoms with van der Waals surface area (Å²) in [6.45, 7) is 0. The average molecular weight is 154 g/mol. The summed E-state index contributed by atoms with van der Waals surface area (Å²) >= 11 is 0. The molecule has 0 aliphatic rings. The van der Waals surface area contributed by atoms with Crippen LogP contribution < -0.4 is 0 Å². The number of nitrogens with one attached hydrogen (secondary N) is 1. The van der Waals surface area contributed by atoms with Crippen LogP contribution in [0, 0.1) is 10.1 Å². The molecule has 0 atom stereocenters. The van der Waals surface area contributed by atoms with E-state index in [0.29, 0.717) is 0 Å². The maximum Gasteiger partial charge on any atom is 0.369 e. The van der Waals surface area contributed by atoms with E-state index in [-0.39, 0.29) is 5.69 Å². The lowest BCUT2D eigenvalue weighted by molar-refractivity contribution is -0.388. The van der Waals surface area contributed by atoms with Gasteiger partial charge in [-0.1, -0.05) is 5.10 Å².